The second-order valence-electron chi connectivity index (χ2n) is 8.51. The van der Waals surface area contributed by atoms with E-state index in [-0.39, 0.29) is 12.5 Å². The zero-order chi connectivity index (χ0) is 22.1. The third-order valence-electron chi connectivity index (χ3n) is 6.39. The molecule has 0 bridgehead atoms. The van der Waals surface area contributed by atoms with E-state index in [4.69, 9.17) is 4.74 Å². The molecule has 166 valence electrons. The molecule has 2 fully saturated rings. The number of hydrogen-bond donors (Lipinski definition) is 0. The Morgan fingerprint density at radius 1 is 1.06 bits per heavy atom. The van der Waals surface area contributed by atoms with Crippen molar-refractivity contribution in [3.05, 3.63) is 53.3 Å². The van der Waals surface area contributed by atoms with Crippen LogP contribution in [-0.2, 0) is 20.7 Å². The number of carbonyl (C=O) groups excluding carboxylic acids is 2. The molecule has 0 spiro atoms. The van der Waals surface area contributed by atoms with Crippen LogP contribution in [0.3, 0.4) is 0 Å². The standard InChI is InChI=1S/C25H27N3O4/c1-31-24(29)16-32-20-6-4-17(5-7-20)19-14-21-22(15-19)26-9-8-23(21)27-10-12-28(13-11-27)25(30)18-2-3-18/h4-9,14,18H,2-3,10-13,15-16H2,1H3. The molecule has 2 aromatic rings. The Kier molecular flexibility index (Phi) is 5.55. The number of carbonyl (C=O) groups is 2. The average molecular weight is 434 g/mol. The highest BCUT2D eigenvalue weighted by Crippen LogP contribution is 2.37. The van der Waals surface area contributed by atoms with Gasteiger partial charge in [0.15, 0.2) is 6.61 Å². The molecule has 1 aromatic heterocycles. The van der Waals surface area contributed by atoms with Crippen molar-refractivity contribution in [1.82, 2.24) is 9.88 Å². The van der Waals surface area contributed by atoms with E-state index in [9.17, 15) is 9.59 Å². The van der Waals surface area contributed by atoms with E-state index in [1.807, 2.05) is 35.4 Å². The van der Waals surface area contributed by atoms with Crippen LogP contribution in [0.4, 0.5) is 5.69 Å². The Morgan fingerprint density at radius 3 is 2.50 bits per heavy atom. The Bertz CT molecular complexity index is 1050. The first-order chi connectivity index (χ1) is 15.6. The fourth-order valence-corrected chi connectivity index (χ4v) is 4.39. The van der Waals surface area contributed by atoms with Gasteiger partial charge in [0.2, 0.25) is 5.91 Å². The number of rotatable bonds is 6. The minimum atomic E-state index is -0.403. The molecular weight excluding hydrogens is 406 g/mol. The zero-order valence-corrected chi connectivity index (χ0v) is 18.3. The summed E-state index contributed by atoms with van der Waals surface area (Å²) < 4.78 is 10.0. The Labute approximate surface area is 187 Å². The quantitative estimate of drug-likeness (QED) is 0.653. The topological polar surface area (TPSA) is 72.0 Å². The number of hydrogen-bond acceptors (Lipinski definition) is 6. The summed E-state index contributed by atoms with van der Waals surface area (Å²) in [5, 5.41) is 0. The lowest BCUT2D eigenvalue weighted by Gasteiger charge is -2.37. The van der Waals surface area contributed by atoms with Gasteiger partial charge in [-0.1, -0.05) is 12.1 Å². The summed E-state index contributed by atoms with van der Waals surface area (Å²) in [6.45, 7) is 3.18. The number of anilines is 1. The number of allylic oxidation sites excluding steroid dienone is 1. The van der Waals surface area contributed by atoms with Gasteiger partial charge in [0, 0.05) is 56.0 Å². The minimum absolute atomic E-state index is 0.100. The first-order valence-electron chi connectivity index (χ1n) is 11.1. The number of fused-ring (bicyclic) bond motifs is 1. The number of aromatic nitrogens is 1. The van der Waals surface area contributed by atoms with Gasteiger partial charge in [-0.15, -0.1) is 0 Å². The highest BCUT2D eigenvalue weighted by atomic mass is 16.6. The number of ether oxygens (including phenoxy) is 2. The van der Waals surface area contributed by atoms with Gasteiger partial charge in [0.25, 0.3) is 0 Å². The van der Waals surface area contributed by atoms with Crippen molar-refractivity contribution >= 4 is 29.2 Å². The molecule has 2 heterocycles. The third kappa shape index (κ3) is 4.20. The van der Waals surface area contributed by atoms with Gasteiger partial charge in [-0.05, 0) is 48.3 Å². The SMILES string of the molecule is COC(=O)COc1ccc(C2=Cc3c(N4CCN(C(=O)C5CC5)CC4)ccnc3C2)cc1. The van der Waals surface area contributed by atoms with E-state index in [2.05, 4.69) is 26.8 Å². The van der Waals surface area contributed by atoms with Gasteiger partial charge in [-0.25, -0.2) is 4.79 Å². The lowest BCUT2D eigenvalue weighted by atomic mass is 10.1. The molecule has 32 heavy (non-hydrogen) atoms. The van der Waals surface area contributed by atoms with Crippen molar-refractivity contribution in [1.29, 1.82) is 0 Å². The Morgan fingerprint density at radius 2 is 1.81 bits per heavy atom. The number of benzene rings is 1. The van der Waals surface area contributed by atoms with Crippen LogP contribution < -0.4 is 9.64 Å². The van der Waals surface area contributed by atoms with Crippen molar-refractivity contribution in [2.45, 2.75) is 19.3 Å². The molecule has 1 saturated carbocycles. The van der Waals surface area contributed by atoms with E-state index in [0.29, 0.717) is 11.7 Å². The highest BCUT2D eigenvalue weighted by Gasteiger charge is 2.35. The molecule has 0 N–H and O–H groups in total. The predicted octanol–water partition coefficient (Wildman–Crippen LogP) is 2.79. The van der Waals surface area contributed by atoms with E-state index in [1.54, 1.807) is 0 Å². The molecule has 2 aliphatic carbocycles. The number of piperazine rings is 1. The number of esters is 1. The van der Waals surface area contributed by atoms with Crippen LogP contribution >= 0.6 is 0 Å². The maximum atomic E-state index is 12.4. The summed E-state index contributed by atoms with van der Waals surface area (Å²) in [4.78, 5) is 32.6. The Balaban J connectivity index is 1.27. The molecule has 0 unspecified atom stereocenters. The largest absolute Gasteiger partial charge is 0.482 e. The van der Waals surface area contributed by atoms with Gasteiger partial charge in [0.05, 0.1) is 12.8 Å². The Hall–Kier alpha value is -3.35. The lowest BCUT2D eigenvalue weighted by Crippen LogP contribution is -2.49. The first kappa shape index (κ1) is 20.5. The van der Waals surface area contributed by atoms with Crippen LogP contribution in [0.2, 0.25) is 0 Å². The monoisotopic (exact) mass is 433 g/mol. The molecule has 3 aliphatic rings. The molecule has 7 nitrogen and oxygen atoms in total. The molecular formula is C25H27N3O4. The van der Waals surface area contributed by atoms with Crippen molar-refractivity contribution in [2.24, 2.45) is 5.92 Å². The summed E-state index contributed by atoms with van der Waals surface area (Å²) in [6.07, 6.45) is 7.01. The molecule has 0 atom stereocenters. The van der Waals surface area contributed by atoms with Crippen LogP contribution in [0.25, 0.3) is 11.6 Å². The van der Waals surface area contributed by atoms with Crippen molar-refractivity contribution in [3.8, 4) is 5.75 Å². The molecule has 1 aliphatic heterocycles. The van der Waals surface area contributed by atoms with Gasteiger partial charge in [-0.3, -0.25) is 9.78 Å². The fraction of sp³-hybridized carbons (Fsp3) is 0.400. The smallest absolute Gasteiger partial charge is 0.343 e. The summed E-state index contributed by atoms with van der Waals surface area (Å²) in [6, 6.07) is 9.83. The molecule has 0 radical (unpaired) electrons. The number of methoxy groups -OCH3 is 1. The minimum Gasteiger partial charge on any atom is -0.482 e. The second kappa shape index (κ2) is 8.65. The van der Waals surface area contributed by atoms with Gasteiger partial charge >= 0.3 is 5.97 Å². The fourth-order valence-electron chi connectivity index (χ4n) is 4.39. The number of amides is 1. The van der Waals surface area contributed by atoms with Crippen LogP contribution in [-0.4, -0.2) is 61.7 Å². The normalized spacial score (nSPS) is 17.6. The number of nitrogens with zero attached hydrogens (tertiary/aromatic N) is 3. The maximum Gasteiger partial charge on any atom is 0.343 e. The average Bonchev–Trinajstić information content (AvgIpc) is 3.60. The molecule has 5 rings (SSSR count). The van der Waals surface area contributed by atoms with Gasteiger partial charge < -0.3 is 19.3 Å². The van der Waals surface area contributed by atoms with E-state index >= 15 is 0 Å². The summed E-state index contributed by atoms with van der Waals surface area (Å²) >= 11 is 0. The lowest BCUT2D eigenvalue weighted by molar-refractivity contribution is -0.143. The van der Waals surface area contributed by atoms with E-state index in [0.717, 1.165) is 56.7 Å². The highest BCUT2D eigenvalue weighted by molar-refractivity contribution is 5.92. The molecule has 1 amide bonds. The maximum absolute atomic E-state index is 12.4. The van der Waals surface area contributed by atoms with Crippen molar-refractivity contribution in [3.63, 3.8) is 0 Å². The second-order valence-corrected chi connectivity index (χ2v) is 8.51. The molecule has 1 aromatic carbocycles. The molecule has 7 heteroatoms. The number of pyridine rings is 1. The van der Waals surface area contributed by atoms with Crippen LogP contribution in [0.15, 0.2) is 36.5 Å². The zero-order valence-electron chi connectivity index (χ0n) is 18.3. The molecule has 1 saturated heterocycles. The van der Waals surface area contributed by atoms with Crippen molar-refractivity contribution < 1.29 is 19.1 Å². The van der Waals surface area contributed by atoms with Crippen LogP contribution in [0.1, 0.15) is 29.7 Å². The first-order valence-corrected chi connectivity index (χ1v) is 11.1. The summed E-state index contributed by atoms with van der Waals surface area (Å²) in [5.74, 6) is 0.854. The summed E-state index contributed by atoms with van der Waals surface area (Å²) in [7, 11) is 1.34. The predicted molar refractivity (Wildman–Crippen MR) is 121 cm³/mol. The van der Waals surface area contributed by atoms with Crippen LogP contribution in [0.5, 0.6) is 5.75 Å². The third-order valence-corrected chi connectivity index (χ3v) is 6.39. The van der Waals surface area contributed by atoms with Crippen LogP contribution in [0, 0.1) is 5.92 Å². The van der Waals surface area contributed by atoms with E-state index < -0.39 is 5.97 Å². The van der Waals surface area contributed by atoms with E-state index in [1.165, 1.54) is 23.9 Å². The van der Waals surface area contributed by atoms with Gasteiger partial charge in [0.1, 0.15) is 5.75 Å². The van der Waals surface area contributed by atoms with Gasteiger partial charge in [-0.2, -0.15) is 0 Å². The summed E-state index contributed by atoms with van der Waals surface area (Å²) in [5.41, 5.74) is 5.78. The van der Waals surface area contributed by atoms with Crippen molar-refractivity contribution in [2.75, 3.05) is 44.8 Å².